The summed E-state index contributed by atoms with van der Waals surface area (Å²) in [5, 5.41) is 0. The molecule has 220 valence electrons. The molecule has 0 bridgehead atoms. The van der Waals surface area contributed by atoms with E-state index in [1.165, 1.54) is 38.5 Å². The lowest BCUT2D eigenvalue weighted by molar-refractivity contribution is 0.304. The largest absolute Gasteiger partial charge is 0.494 e. The molecule has 7 heteroatoms. The van der Waals surface area contributed by atoms with Crippen LogP contribution in [-0.4, -0.2) is 41.2 Å². The maximum absolute atomic E-state index is 6.87. The van der Waals surface area contributed by atoms with Crippen LogP contribution < -0.4 is 20.9 Å². The van der Waals surface area contributed by atoms with Crippen molar-refractivity contribution in [2.75, 3.05) is 13.2 Å². The van der Waals surface area contributed by atoms with Crippen LogP contribution in [0.3, 0.4) is 0 Å². The van der Waals surface area contributed by atoms with Gasteiger partial charge >= 0.3 is 0 Å². The Morgan fingerprint density at radius 3 is 1.28 bits per heavy atom. The Labute approximate surface area is 241 Å². The van der Waals surface area contributed by atoms with E-state index in [0.29, 0.717) is 0 Å². The topological polar surface area (TPSA) is 79.7 Å². The van der Waals surface area contributed by atoms with Crippen LogP contribution in [0.1, 0.15) is 77.0 Å². The SMILES string of the molecule is C[Si](C)(C)O[Si](C)(C(N)CCCCCCCOc1ccccc1)C(N)CCCCCCCOc1ccccc1. The van der Waals surface area contributed by atoms with Crippen LogP contribution in [0.15, 0.2) is 60.7 Å². The van der Waals surface area contributed by atoms with Gasteiger partial charge in [0.25, 0.3) is 0 Å². The lowest BCUT2D eigenvalue weighted by Gasteiger charge is -2.42. The van der Waals surface area contributed by atoms with Crippen molar-refractivity contribution >= 4 is 16.6 Å². The molecule has 0 aliphatic carbocycles. The number of benzene rings is 2. The molecule has 2 unspecified atom stereocenters. The molecular weight excluding hydrogens is 517 g/mol. The average molecular weight is 573 g/mol. The zero-order chi connectivity index (χ0) is 28.4. The highest BCUT2D eigenvalue weighted by molar-refractivity contribution is 6.86. The minimum absolute atomic E-state index is 0.0933. The molecule has 0 saturated heterocycles. The fraction of sp³-hybridized carbons (Fsp3) is 0.625. The van der Waals surface area contributed by atoms with Crippen LogP contribution in [-0.2, 0) is 4.12 Å². The van der Waals surface area contributed by atoms with Crippen molar-refractivity contribution in [1.82, 2.24) is 0 Å². The molecule has 0 aliphatic heterocycles. The number of unbranched alkanes of at least 4 members (excludes halogenated alkanes) is 8. The van der Waals surface area contributed by atoms with E-state index in [1.54, 1.807) is 0 Å². The Bertz CT molecular complexity index is 803. The van der Waals surface area contributed by atoms with Gasteiger partial charge in [0.05, 0.1) is 13.2 Å². The molecule has 0 heterocycles. The molecule has 0 radical (unpaired) electrons. The molecule has 0 fully saturated rings. The smallest absolute Gasteiger partial charge is 0.210 e. The molecule has 0 aromatic heterocycles. The van der Waals surface area contributed by atoms with E-state index < -0.39 is 16.6 Å². The van der Waals surface area contributed by atoms with Crippen LogP contribution in [0.4, 0.5) is 0 Å². The van der Waals surface area contributed by atoms with Gasteiger partial charge < -0.3 is 25.1 Å². The van der Waals surface area contributed by atoms with Crippen LogP contribution in [0.25, 0.3) is 0 Å². The van der Waals surface area contributed by atoms with Gasteiger partial charge in [0.15, 0.2) is 8.32 Å². The van der Waals surface area contributed by atoms with Crippen molar-refractivity contribution in [3.63, 3.8) is 0 Å². The van der Waals surface area contributed by atoms with Gasteiger partial charge in [-0.15, -0.1) is 0 Å². The van der Waals surface area contributed by atoms with Gasteiger partial charge in [-0.2, -0.15) is 0 Å². The molecule has 2 aromatic rings. The van der Waals surface area contributed by atoms with Gasteiger partial charge in [-0.3, -0.25) is 0 Å². The van der Waals surface area contributed by atoms with E-state index >= 15 is 0 Å². The number of hydrogen-bond donors (Lipinski definition) is 2. The standard InChI is InChI=1S/C32H56N2O3Si2/c1-38(2,3)37-39(4,31(33)25-17-7-5-9-19-27-35-29-21-13-11-14-22-29)32(34)26-18-8-6-10-20-28-36-30-23-15-12-16-24-30/h11-16,21-24,31-32H,5-10,17-20,25-28,33-34H2,1-4H3. The highest BCUT2D eigenvalue weighted by atomic mass is 28.4. The van der Waals surface area contributed by atoms with E-state index in [9.17, 15) is 0 Å². The molecule has 4 N–H and O–H groups in total. The third-order valence-electron chi connectivity index (χ3n) is 7.34. The second-order valence-corrected chi connectivity index (χ2v) is 20.9. The van der Waals surface area contributed by atoms with E-state index in [2.05, 4.69) is 26.2 Å². The minimum Gasteiger partial charge on any atom is -0.494 e. The highest BCUT2D eigenvalue weighted by Gasteiger charge is 2.44. The molecule has 5 nitrogen and oxygen atoms in total. The first-order valence-electron chi connectivity index (χ1n) is 15.3. The van der Waals surface area contributed by atoms with E-state index in [-0.39, 0.29) is 11.3 Å². The summed E-state index contributed by atoms with van der Waals surface area (Å²) in [6.45, 7) is 10.7. The summed E-state index contributed by atoms with van der Waals surface area (Å²) in [5.41, 5.74) is 13.9. The fourth-order valence-corrected chi connectivity index (χ4v) is 13.7. The predicted octanol–water partition coefficient (Wildman–Crippen LogP) is 7.99. The minimum atomic E-state index is -2.25. The molecule has 0 saturated carbocycles. The molecule has 2 aromatic carbocycles. The van der Waals surface area contributed by atoms with Crippen LogP contribution in [0.2, 0.25) is 26.2 Å². The number of ether oxygens (including phenoxy) is 2. The Morgan fingerprint density at radius 2 is 0.897 bits per heavy atom. The Balaban J connectivity index is 1.62. The summed E-state index contributed by atoms with van der Waals surface area (Å²) in [5.74, 6) is 1.92. The molecule has 0 aliphatic rings. The first-order valence-corrected chi connectivity index (χ1v) is 21.2. The quantitative estimate of drug-likeness (QED) is 0.110. The van der Waals surface area contributed by atoms with Gasteiger partial charge in [-0.05, 0) is 76.1 Å². The highest BCUT2D eigenvalue weighted by Crippen LogP contribution is 2.26. The summed E-state index contributed by atoms with van der Waals surface area (Å²) in [6.07, 6.45) is 13.8. The van der Waals surface area contributed by atoms with Crippen molar-refractivity contribution in [3.05, 3.63) is 60.7 Å². The first-order chi connectivity index (χ1) is 18.7. The summed E-state index contributed by atoms with van der Waals surface area (Å²) in [4.78, 5) is 0. The normalized spacial score (nSPS) is 14.9. The average Bonchev–Trinajstić information content (AvgIpc) is 2.91. The molecule has 2 rings (SSSR count). The third kappa shape index (κ3) is 14.5. The van der Waals surface area contributed by atoms with Crippen molar-refractivity contribution in [2.45, 2.75) is 115 Å². The van der Waals surface area contributed by atoms with Crippen molar-refractivity contribution in [2.24, 2.45) is 11.5 Å². The number of hydrogen-bond acceptors (Lipinski definition) is 5. The monoisotopic (exact) mass is 572 g/mol. The Morgan fingerprint density at radius 1 is 0.538 bits per heavy atom. The number of rotatable bonds is 22. The maximum Gasteiger partial charge on any atom is 0.210 e. The van der Waals surface area contributed by atoms with E-state index in [1.807, 2.05) is 60.7 Å². The summed E-state index contributed by atoms with van der Waals surface area (Å²) >= 11 is 0. The molecule has 2 atom stereocenters. The Hall–Kier alpha value is -1.65. The molecule has 39 heavy (non-hydrogen) atoms. The number of nitrogens with two attached hydrogens (primary N) is 2. The molecule has 0 amide bonds. The second-order valence-electron chi connectivity index (χ2n) is 12.0. The molecular formula is C32H56N2O3Si2. The zero-order valence-corrected chi connectivity index (χ0v) is 27.2. The molecule has 0 spiro atoms. The van der Waals surface area contributed by atoms with Gasteiger partial charge in [0, 0.05) is 11.3 Å². The second kappa shape index (κ2) is 18.7. The van der Waals surface area contributed by atoms with Crippen LogP contribution >= 0.6 is 0 Å². The predicted molar refractivity (Wildman–Crippen MR) is 171 cm³/mol. The van der Waals surface area contributed by atoms with Crippen LogP contribution in [0.5, 0.6) is 11.5 Å². The van der Waals surface area contributed by atoms with Crippen molar-refractivity contribution in [3.8, 4) is 11.5 Å². The van der Waals surface area contributed by atoms with Gasteiger partial charge in [-0.1, -0.05) is 87.8 Å². The van der Waals surface area contributed by atoms with E-state index in [4.69, 9.17) is 25.1 Å². The zero-order valence-electron chi connectivity index (χ0n) is 25.2. The Kier molecular flexibility index (Phi) is 16.1. The lowest BCUT2D eigenvalue weighted by Crippen LogP contribution is -2.67. The van der Waals surface area contributed by atoms with Gasteiger partial charge in [0.2, 0.25) is 8.32 Å². The van der Waals surface area contributed by atoms with Crippen molar-refractivity contribution < 1.29 is 13.6 Å². The van der Waals surface area contributed by atoms with E-state index in [0.717, 1.165) is 63.2 Å². The third-order valence-corrected chi connectivity index (χ3v) is 15.1. The van der Waals surface area contributed by atoms with Crippen molar-refractivity contribution in [1.29, 1.82) is 0 Å². The lowest BCUT2D eigenvalue weighted by atomic mass is 10.1. The fourth-order valence-electron chi connectivity index (χ4n) is 5.07. The summed E-state index contributed by atoms with van der Waals surface area (Å²) in [7, 11) is -3.99. The summed E-state index contributed by atoms with van der Waals surface area (Å²) < 4.78 is 18.5. The van der Waals surface area contributed by atoms with Crippen LogP contribution in [0, 0.1) is 0 Å². The van der Waals surface area contributed by atoms with Gasteiger partial charge in [-0.25, -0.2) is 0 Å². The summed E-state index contributed by atoms with van der Waals surface area (Å²) in [6, 6.07) is 20.1. The number of para-hydroxylation sites is 2. The van der Waals surface area contributed by atoms with Gasteiger partial charge in [0.1, 0.15) is 11.5 Å². The maximum atomic E-state index is 6.87. The first kappa shape index (κ1) is 33.6.